The molecule has 1 atom stereocenters. The van der Waals surface area contributed by atoms with Crippen LogP contribution in [0.15, 0.2) is 27.7 Å². The van der Waals surface area contributed by atoms with Gasteiger partial charge >= 0.3 is 6.18 Å². The smallest absolute Gasteiger partial charge is 0.435 e. The summed E-state index contributed by atoms with van der Waals surface area (Å²) in [5.41, 5.74) is -2.30. The Morgan fingerprint density at radius 1 is 1.32 bits per heavy atom. The number of nitrogens with zero attached hydrogens (tertiary/aromatic N) is 3. The highest BCUT2D eigenvalue weighted by molar-refractivity contribution is 14.0. The van der Waals surface area contributed by atoms with Crippen LogP contribution in [-0.2, 0) is 25.4 Å². The number of aromatic nitrogens is 2. The fourth-order valence-electron chi connectivity index (χ4n) is 2.46. The molecule has 0 saturated carbocycles. The lowest BCUT2D eigenvalue weighted by Crippen LogP contribution is -2.44. The van der Waals surface area contributed by atoms with Crippen molar-refractivity contribution >= 4 is 29.9 Å². The molecule has 0 radical (unpaired) electrons. The number of aliphatic imine (C=N–C) groups is 1. The highest BCUT2D eigenvalue weighted by Gasteiger charge is 2.36. The molecule has 0 bridgehead atoms. The summed E-state index contributed by atoms with van der Waals surface area (Å²) in [7, 11) is 1.43. The second kappa shape index (κ2) is 9.63. The molecule has 0 amide bonds. The number of hydrogen-bond donors (Lipinski definition) is 3. The minimum absolute atomic E-state index is 0. The van der Waals surface area contributed by atoms with Crippen molar-refractivity contribution in [2.45, 2.75) is 39.1 Å². The highest BCUT2D eigenvalue weighted by Crippen LogP contribution is 2.30. The van der Waals surface area contributed by atoms with Crippen molar-refractivity contribution in [2.75, 3.05) is 13.1 Å². The molecule has 3 N–H and O–H groups in total. The van der Waals surface area contributed by atoms with E-state index in [1.54, 1.807) is 26.0 Å². The maximum Gasteiger partial charge on any atom is 0.435 e. The Morgan fingerprint density at radius 2 is 2.00 bits per heavy atom. The van der Waals surface area contributed by atoms with E-state index in [0.717, 1.165) is 4.68 Å². The Hall–Kier alpha value is -1.76. The van der Waals surface area contributed by atoms with Crippen LogP contribution in [0, 0.1) is 6.92 Å². The van der Waals surface area contributed by atoms with Crippen molar-refractivity contribution < 1.29 is 22.7 Å². The summed E-state index contributed by atoms with van der Waals surface area (Å²) in [4.78, 5) is 4.17. The van der Waals surface area contributed by atoms with E-state index in [9.17, 15) is 18.3 Å². The number of alkyl halides is 3. The Labute approximate surface area is 178 Å². The zero-order chi connectivity index (χ0) is 20.2. The second-order valence-electron chi connectivity index (χ2n) is 6.41. The molecule has 0 spiro atoms. The first-order valence-electron chi connectivity index (χ1n) is 8.44. The topological polar surface area (TPSA) is 87.6 Å². The molecule has 2 rings (SSSR count). The normalized spacial score (nSPS) is 14.4. The Bertz CT molecular complexity index is 799. The molecule has 158 valence electrons. The van der Waals surface area contributed by atoms with Gasteiger partial charge in [0.1, 0.15) is 17.1 Å². The maximum absolute atomic E-state index is 13.0. The summed E-state index contributed by atoms with van der Waals surface area (Å²) in [6.07, 6.45) is -3.25. The van der Waals surface area contributed by atoms with Crippen molar-refractivity contribution in [1.82, 2.24) is 20.4 Å². The van der Waals surface area contributed by atoms with E-state index in [1.165, 1.54) is 13.2 Å². The molecule has 11 heteroatoms. The van der Waals surface area contributed by atoms with Crippen LogP contribution in [0.1, 0.15) is 36.6 Å². The molecule has 2 aromatic rings. The first kappa shape index (κ1) is 24.3. The standard InChI is InChI=1S/C17H24F3N5O2.HI/c1-5-21-15(23-10-16(3,26)13-7-6-11(2)27-13)22-8-12-9-25(4)24-14(12)17(18,19)20;/h6-7,9,26H,5,8,10H2,1-4H3,(H2,21,22,23);1H. The predicted octanol–water partition coefficient (Wildman–Crippen LogP) is 2.92. The van der Waals surface area contributed by atoms with Crippen LogP contribution < -0.4 is 10.6 Å². The van der Waals surface area contributed by atoms with Gasteiger partial charge in [0.2, 0.25) is 0 Å². The lowest BCUT2D eigenvalue weighted by atomic mass is 10.0. The van der Waals surface area contributed by atoms with Crippen LogP contribution in [0.25, 0.3) is 0 Å². The molecule has 1 unspecified atom stereocenters. The SMILES string of the molecule is CCNC(=NCc1cn(C)nc1C(F)(F)F)NCC(C)(O)c1ccc(C)o1.I. The molecule has 28 heavy (non-hydrogen) atoms. The number of aryl methyl sites for hydroxylation is 2. The van der Waals surface area contributed by atoms with Crippen molar-refractivity contribution in [2.24, 2.45) is 12.0 Å². The molecule has 2 heterocycles. The van der Waals surface area contributed by atoms with E-state index in [0.29, 0.717) is 18.1 Å². The number of nitrogens with one attached hydrogen (secondary N) is 2. The minimum Gasteiger partial charge on any atom is -0.463 e. The van der Waals surface area contributed by atoms with E-state index in [2.05, 4.69) is 20.7 Å². The molecule has 0 aromatic carbocycles. The van der Waals surface area contributed by atoms with E-state index >= 15 is 0 Å². The molecule has 0 aliphatic carbocycles. The zero-order valence-corrected chi connectivity index (χ0v) is 18.4. The minimum atomic E-state index is -4.54. The molecule has 0 aliphatic heterocycles. The van der Waals surface area contributed by atoms with Gasteiger partial charge in [-0.05, 0) is 32.9 Å². The third kappa shape index (κ3) is 6.40. The fourth-order valence-corrected chi connectivity index (χ4v) is 2.46. The lowest BCUT2D eigenvalue weighted by Gasteiger charge is -2.22. The molecular formula is C17H25F3IN5O2. The highest BCUT2D eigenvalue weighted by atomic mass is 127. The van der Waals surface area contributed by atoms with Gasteiger partial charge in [-0.3, -0.25) is 4.68 Å². The van der Waals surface area contributed by atoms with E-state index in [1.807, 2.05) is 6.92 Å². The van der Waals surface area contributed by atoms with E-state index in [4.69, 9.17) is 4.42 Å². The van der Waals surface area contributed by atoms with Gasteiger partial charge in [0.15, 0.2) is 11.7 Å². The van der Waals surface area contributed by atoms with Crippen LogP contribution in [-0.4, -0.2) is 33.9 Å². The number of hydrogen-bond acceptors (Lipinski definition) is 4. The van der Waals surface area contributed by atoms with Gasteiger partial charge in [-0.2, -0.15) is 18.3 Å². The molecule has 0 fully saturated rings. The largest absolute Gasteiger partial charge is 0.463 e. The van der Waals surface area contributed by atoms with Crippen molar-refractivity contribution in [1.29, 1.82) is 0 Å². The molecular weight excluding hydrogens is 490 g/mol. The van der Waals surface area contributed by atoms with Crippen molar-refractivity contribution in [3.05, 3.63) is 41.1 Å². The first-order valence-corrected chi connectivity index (χ1v) is 8.44. The Balaban J connectivity index is 0.00000392. The monoisotopic (exact) mass is 515 g/mol. The van der Waals surface area contributed by atoms with Gasteiger partial charge < -0.3 is 20.2 Å². The van der Waals surface area contributed by atoms with Gasteiger partial charge in [-0.15, -0.1) is 24.0 Å². The number of aliphatic hydroxyl groups is 1. The first-order chi connectivity index (χ1) is 12.5. The van der Waals surface area contributed by atoms with Gasteiger partial charge in [-0.25, -0.2) is 4.99 Å². The van der Waals surface area contributed by atoms with Gasteiger partial charge in [0.05, 0.1) is 13.1 Å². The Kier molecular flexibility index (Phi) is 8.35. The average Bonchev–Trinajstić information content (AvgIpc) is 3.16. The second-order valence-corrected chi connectivity index (χ2v) is 6.41. The van der Waals surface area contributed by atoms with Crippen LogP contribution in [0.5, 0.6) is 0 Å². The van der Waals surface area contributed by atoms with Gasteiger partial charge in [-0.1, -0.05) is 0 Å². The fraction of sp³-hybridized carbons (Fsp3) is 0.529. The molecule has 2 aromatic heterocycles. The van der Waals surface area contributed by atoms with E-state index < -0.39 is 17.5 Å². The predicted molar refractivity (Wildman–Crippen MR) is 109 cm³/mol. The van der Waals surface area contributed by atoms with Gasteiger partial charge in [0, 0.05) is 25.4 Å². The third-order valence-corrected chi connectivity index (χ3v) is 3.80. The number of rotatable bonds is 6. The summed E-state index contributed by atoms with van der Waals surface area (Å²) >= 11 is 0. The number of furan rings is 1. The van der Waals surface area contributed by atoms with Crippen molar-refractivity contribution in [3.63, 3.8) is 0 Å². The molecule has 7 nitrogen and oxygen atoms in total. The summed E-state index contributed by atoms with van der Waals surface area (Å²) < 4.78 is 45.6. The summed E-state index contributed by atoms with van der Waals surface area (Å²) in [6, 6.07) is 3.41. The molecule has 0 saturated heterocycles. The van der Waals surface area contributed by atoms with Crippen molar-refractivity contribution in [3.8, 4) is 0 Å². The van der Waals surface area contributed by atoms with E-state index in [-0.39, 0.29) is 48.6 Å². The summed E-state index contributed by atoms with van der Waals surface area (Å²) in [5, 5.41) is 19.9. The van der Waals surface area contributed by atoms with Gasteiger partial charge in [0.25, 0.3) is 0 Å². The lowest BCUT2D eigenvalue weighted by molar-refractivity contribution is -0.142. The van der Waals surface area contributed by atoms with Crippen LogP contribution in [0.2, 0.25) is 0 Å². The number of halogens is 4. The Morgan fingerprint density at radius 3 is 2.54 bits per heavy atom. The maximum atomic E-state index is 13.0. The molecule has 0 aliphatic rings. The van der Waals surface area contributed by atoms with Crippen LogP contribution in [0.4, 0.5) is 13.2 Å². The average molecular weight is 515 g/mol. The number of guanidine groups is 1. The third-order valence-electron chi connectivity index (χ3n) is 3.80. The zero-order valence-electron chi connectivity index (χ0n) is 16.1. The summed E-state index contributed by atoms with van der Waals surface area (Å²) in [6.45, 7) is 5.53. The quantitative estimate of drug-likeness (QED) is 0.313. The van der Waals surface area contributed by atoms with Crippen LogP contribution >= 0.6 is 24.0 Å². The van der Waals surface area contributed by atoms with Crippen LogP contribution in [0.3, 0.4) is 0 Å². The summed E-state index contributed by atoms with van der Waals surface area (Å²) in [5.74, 6) is 1.33.